The molecule has 1 heterocycles. The summed E-state index contributed by atoms with van der Waals surface area (Å²) < 4.78 is 7.41. The number of hydrogen-bond acceptors (Lipinski definition) is 3. The lowest BCUT2D eigenvalue weighted by Crippen LogP contribution is -2.17. The fourth-order valence-corrected chi connectivity index (χ4v) is 4.08. The minimum atomic E-state index is 0. The number of nitrogens with zero attached hydrogens (tertiary/aromatic N) is 1. The lowest BCUT2D eigenvalue weighted by molar-refractivity contribution is 0.414. The Bertz CT molecular complexity index is 660. The maximum absolute atomic E-state index is 8.29. The zero-order chi connectivity index (χ0) is 14.7. The molecule has 1 aliphatic carbocycles. The van der Waals surface area contributed by atoms with Crippen LogP contribution in [-0.2, 0) is 19.4 Å². The Kier molecular flexibility index (Phi) is 6.26. The molecule has 0 amide bonds. The van der Waals surface area contributed by atoms with E-state index < -0.39 is 0 Å². The Morgan fingerprint density at radius 3 is 2.45 bits per heavy atom. The number of fused-ring (bicyclic) bond motifs is 1. The number of aromatic nitrogens is 1. The summed E-state index contributed by atoms with van der Waals surface area (Å²) in [6, 6.07) is 8.18. The van der Waals surface area contributed by atoms with Gasteiger partial charge >= 0.3 is 0 Å². The second-order valence-corrected chi connectivity index (χ2v) is 6.71. The Labute approximate surface area is 146 Å². The van der Waals surface area contributed by atoms with Crippen LogP contribution in [0, 0.1) is 5.41 Å². The zero-order valence-corrected chi connectivity index (χ0v) is 15.5. The first-order valence-electron chi connectivity index (χ1n) is 7.67. The van der Waals surface area contributed by atoms with Crippen molar-refractivity contribution >= 4 is 28.3 Å². The summed E-state index contributed by atoms with van der Waals surface area (Å²) >= 11 is 1.67. The highest BCUT2D eigenvalue weighted by atomic mass is 79.9. The van der Waals surface area contributed by atoms with Gasteiger partial charge in [-0.1, -0.05) is 25.0 Å². The van der Waals surface area contributed by atoms with Crippen LogP contribution in [0.3, 0.4) is 0 Å². The van der Waals surface area contributed by atoms with Gasteiger partial charge in [-0.05, 0) is 43.4 Å². The smallest absolute Gasteiger partial charge is 0.182 e. The summed E-state index contributed by atoms with van der Waals surface area (Å²) in [5.74, 6) is 0.885. The monoisotopic (exact) mass is 382 g/mol. The summed E-state index contributed by atoms with van der Waals surface area (Å²) in [7, 11) is 1.69. The molecule has 1 aromatic heterocycles. The minimum Gasteiger partial charge on any atom is -0.497 e. The number of aryl methyl sites for hydroxylation is 1. The molecular weight excluding hydrogens is 360 g/mol. The van der Waals surface area contributed by atoms with Gasteiger partial charge in [0.15, 0.2) is 4.80 Å². The van der Waals surface area contributed by atoms with E-state index in [0.717, 1.165) is 25.1 Å². The molecule has 1 N–H and O–H groups in total. The highest BCUT2D eigenvalue weighted by molar-refractivity contribution is 8.93. The number of halogens is 1. The zero-order valence-electron chi connectivity index (χ0n) is 12.9. The molecule has 0 radical (unpaired) electrons. The number of thiazole rings is 1. The number of rotatable bonds is 3. The van der Waals surface area contributed by atoms with Crippen molar-refractivity contribution in [2.75, 3.05) is 7.11 Å². The number of methoxy groups -OCH3 is 1. The van der Waals surface area contributed by atoms with E-state index in [2.05, 4.69) is 16.7 Å². The van der Waals surface area contributed by atoms with Crippen LogP contribution in [0.4, 0.5) is 0 Å². The van der Waals surface area contributed by atoms with E-state index >= 15 is 0 Å². The quantitative estimate of drug-likeness (QED) is 0.842. The van der Waals surface area contributed by atoms with Gasteiger partial charge in [0.1, 0.15) is 5.75 Å². The van der Waals surface area contributed by atoms with Crippen LogP contribution in [-0.4, -0.2) is 11.7 Å². The maximum atomic E-state index is 8.29. The van der Waals surface area contributed by atoms with Gasteiger partial charge in [0.25, 0.3) is 0 Å². The molecule has 22 heavy (non-hydrogen) atoms. The first kappa shape index (κ1) is 17.3. The molecule has 0 aliphatic heterocycles. The predicted octanol–water partition coefficient (Wildman–Crippen LogP) is 4.32. The molecule has 3 rings (SSSR count). The van der Waals surface area contributed by atoms with Crippen molar-refractivity contribution in [1.82, 2.24) is 4.57 Å². The van der Waals surface area contributed by atoms with Crippen LogP contribution >= 0.6 is 28.3 Å². The largest absolute Gasteiger partial charge is 0.497 e. The topological polar surface area (TPSA) is 38.0 Å². The third kappa shape index (κ3) is 3.82. The Morgan fingerprint density at radius 1 is 1.09 bits per heavy atom. The van der Waals surface area contributed by atoms with Crippen LogP contribution in [0.1, 0.15) is 41.8 Å². The van der Waals surface area contributed by atoms with Crippen LogP contribution in [0.15, 0.2) is 24.3 Å². The van der Waals surface area contributed by atoms with Crippen molar-refractivity contribution in [2.45, 2.75) is 45.1 Å². The van der Waals surface area contributed by atoms with Gasteiger partial charge in [0.2, 0.25) is 0 Å². The lowest BCUT2D eigenvalue weighted by Gasteiger charge is -2.13. The molecule has 3 nitrogen and oxygen atoms in total. The fourth-order valence-electron chi connectivity index (χ4n) is 2.99. The average Bonchev–Trinajstić information content (AvgIpc) is 2.75. The van der Waals surface area contributed by atoms with Crippen molar-refractivity contribution < 1.29 is 4.74 Å². The molecule has 1 aromatic carbocycles. The first-order valence-corrected chi connectivity index (χ1v) is 8.48. The second-order valence-electron chi connectivity index (χ2n) is 5.63. The van der Waals surface area contributed by atoms with Gasteiger partial charge in [0.05, 0.1) is 13.7 Å². The van der Waals surface area contributed by atoms with E-state index in [1.807, 2.05) is 12.1 Å². The van der Waals surface area contributed by atoms with Crippen LogP contribution in [0.2, 0.25) is 0 Å². The molecule has 2 aromatic rings. The molecular formula is C17H23BrN2OS. The van der Waals surface area contributed by atoms with Gasteiger partial charge in [0, 0.05) is 10.6 Å². The normalized spacial score (nSPS) is 14.4. The minimum absolute atomic E-state index is 0. The van der Waals surface area contributed by atoms with Crippen molar-refractivity contribution in [2.24, 2.45) is 0 Å². The molecule has 1 aliphatic rings. The highest BCUT2D eigenvalue weighted by Gasteiger charge is 2.15. The van der Waals surface area contributed by atoms with Gasteiger partial charge in [-0.25, -0.2) is 0 Å². The molecule has 120 valence electrons. The first-order chi connectivity index (χ1) is 10.3. The van der Waals surface area contributed by atoms with Crippen LogP contribution in [0.5, 0.6) is 5.75 Å². The summed E-state index contributed by atoms with van der Waals surface area (Å²) in [5, 5.41) is 8.29. The molecule has 0 unspecified atom stereocenters. The number of hydrogen-bond donors (Lipinski definition) is 1. The van der Waals surface area contributed by atoms with Gasteiger partial charge in [-0.15, -0.1) is 28.3 Å². The highest BCUT2D eigenvalue weighted by Crippen LogP contribution is 2.23. The molecule has 0 bridgehead atoms. The Hall–Kier alpha value is -1.07. The standard InChI is InChI=1S/C17H22N2OS.BrH/c1-20-14-10-8-13(9-11-14)12-19-15-6-4-2-3-5-7-16(15)21-17(19)18;/h8-11,18H,2-7,12H2,1H3;1H. The molecule has 0 fully saturated rings. The molecule has 0 atom stereocenters. The molecule has 0 spiro atoms. The Balaban J connectivity index is 0.00000176. The molecule has 5 heteroatoms. The SMILES string of the molecule is Br.COc1ccc(Cn2c3c(sc2=N)CCCCCC3)cc1. The van der Waals surface area contributed by atoms with Crippen molar-refractivity contribution in [3.63, 3.8) is 0 Å². The third-order valence-electron chi connectivity index (χ3n) is 4.18. The van der Waals surface area contributed by atoms with Crippen molar-refractivity contribution in [3.05, 3.63) is 45.2 Å². The van der Waals surface area contributed by atoms with E-state index in [1.54, 1.807) is 18.4 Å². The average molecular weight is 383 g/mol. The van der Waals surface area contributed by atoms with E-state index in [9.17, 15) is 0 Å². The number of ether oxygens (including phenoxy) is 1. The van der Waals surface area contributed by atoms with Crippen LogP contribution in [0.25, 0.3) is 0 Å². The van der Waals surface area contributed by atoms with Gasteiger partial charge < -0.3 is 9.30 Å². The van der Waals surface area contributed by atoms with Crippen LogP contribution < -0.4 is 9.54 Å². The second kappa shape index (κ2) is 7.97. The third-order valence-corrected chi connectivity index (χ3v) is 5.28. The van der Waals surface area contributed by atoms with Crippen molar-refractivity contribution in [3.8, 4) is 5.75 Å². The Morgan fingerprint density at radius 2 is 1.77 bits per heavy atom. The summed E-state index contributed by atoms with van der Waals surface area (Å²) in [4.78, 5) is 2.13. The summed E-state index contributed by atoms with van der Waals surface area (Å²) in [5.41, 5.74) is 2.64. The number of benzene rings is 1. The summed E-state index contributed by atoms with van der Waals surface area (Å²) in [6.07, 6.45) is 7.47. The van der Waals surface area contributed by atoms with E-state index in [1.165, 1.54) is 41.8 Å². The van der Waals surface area contributed by atoms with Gasteiger partial charge in [-0.2, -0.15) is 0 Å². The fraction of sp³-hybridized carbons (Fsp3) is 0.471. The summed E-state index contributed by atoms with van der Waals surface area (Å²) in [6.45, 7) is 0.800. The number of nitrogens with one attached hydrogen (secondary N) is 1. The molecule has 0 saturated heterocycles. The van der Waals surface area contributed by atoms with Gasteiger partial charge in [-0.3, -0.25) is 5.41 Å². The molecule has 0 saturated carbocycles. The maximum Gasteiger partial charge on any atom is 0.182 e. The van der Waals surface area contributed by atoms with E-state index in [-0.39, 0.29) is 17.0 Å². The van der Waals surface area contributed by atoms with E-state index in [0.29, 0.717) is 4.80 Å². The van der Waals surface area contributed by atoms with E-state index in [4.69, 9.17) is 10.1 Å². The lowest BCUT2D eigenvalue weighted by atomic mass is 10.0. The van der Waals surface area contributed by atoms with Crippen molar-refractivity contribution in [1.29, 1.82) is 5.41 Å². The predicted molar refractivity (Wildman–Crippen MR) is 96.5 cm³/mol.